The summed E-state index contributed by atoms with van der Waals surface area (Å²) in [5, 5.41) is 3.18. The average molecular weight is 218 g/mol. The molecule has 1 N–H and O–H groups in total. The Morgan fingerprint density at radius 3 is 2.43 bits per heavy atom. The first-order chi connectivity index (χ1) is 6.61. The van der Waals surface area contributed by atoms with Crippen molar-refractivity contribution in [3.8, 4) is 0 Å². The molecule has 4 heteroatoms. The second kappa shape index (κ2) is 5.08. The first-order valence-corrected chi connectivity index (χ1v) is 4.46. The molecule has 1 rings (SSSR count). The van der Waals surface area contributed by atoms with E-state index in [4.69, 9.17) is 11.6 Å². The molecule has 0 aliphatic carbocycles. The maximum atomic E-state index is 13.0. The summed E-state index contributed by atoms with van der Waals surface area (Å²) in [5.41, 5.74) is 0.0189. The topological polar surface area (TPSA) is 12.0 Å². The van der Waals surface area contributed by atoms with Gasteiger partial charge in [0.2, 0.25) is 0 Å². The van der Waals surface area contributed by atoms with Crippen molar-refractivity contribution in [3.63, 3.8) is 0 Å². The van der Waals surface area contributed by atoms with Gasteiger partial charge in [-0.2, -0.15) is 0 Å². The first kappa shape index (κ1) is 11.1. The Labute approximate surface area is 86.4 Å². The molecular weight excluding hydrogens is 208 g/mol. The number of hydrogen-bond acceptors (Lipinski definition) is 1. The van der Waals surface area contributed by atoms with E-state index >= 15 is 0 Å². The van der Waals surface area contributed by atoms with Gasteiger partial charge in [-0.15, -0.1) is 0 Å². The average Bonchev–Trinajstić information content (AvgIpc) is 2.09. The van der Waals surface area contributed by atoms with Gasteiger partial charge in [0, 0.05) is 23.7 Å². The van der Waals surface area contributed by atoms with Crippen LogP contribution < -0.4 is 5.32 Å². The van der Waals surface area contributed by atoms with Crippen molar-refractivity contribution in [2.45, 2.75) is 6.54 Å². The van der Waals surface area contributed by atoms with Gasteiger partial charge >= 0.3 is 0 Å². The number of halogens is 3. The number of rotatable bonds is 4. The van der Waals surface area contributed by atoms with Crippen molar-refractivity contribution in [2.24, 2.45) is 0 Å². The summed E-state index contributed by atoms with van der Waals surface area (Å²) in [6, 6.07) is 3.76. The van der Waals surface area contributed by atoms with Crippen LogP contribution in [-0.2, 0) is 6.54 Å². The van der Waals surface area contributed by atoms with Crippen molar-refractivity contribution in [1.29, 1.82) is 0 Å². The second-order valence-electron chi connectivity index (χ2n) is 2.82. The van der Waals surface area contributed by atoms with Crippen LogP contribution in [0.4, 0.5) is 8.78 Å². The second-order valence-corrected chi connectivity index (χ2v) is 3.36. The molecule has 0 spiro atoms. The normalized spacial score (nSPS) is 10.2. The molecule has 0 radical (unpaired) electrons. The van der Waals surface area contributed by atoms with Crippen LogP contribution in [0, 0.1) is 11.6 Å². The lowest BCUT2D eigenvalue weighted by atomic mass is 10.2. The van der Waals surface area contributed by atoms with Crippen LogP contribution in [0.1, 0.15) is 5.56 Å². The van der Waals surface area contributed by atoms with Gasteiger partial charge in [0.15, 0.2) is 0 Å². The molecule has 0 heterocycles. The maximum absolute atomic E-state index is 13.0. The zero-order valence-corrected chi connectivity index (χ0v) is 8.24. The number of benzene rings is 1. The van der Waals surface area contributed by atoms with E-state index in [-0.39, 0.29) is 12.1 Å². The highest BCUT2D eigenvalue weighted by atomic mass is 35.5. The third kappa shape index (κ3) is 3.09. The van der Waals surface area contributed by atoms with E-state index < -0.39 is 11.6 Å². The van der Waals surface area contributed by atoms with Gasteiger partial charge < -0.3 is 5.32 Å². The minimum absolute atomic E-state index is 0.0189. The molecule has 14 heavy (non-hydrogen) atoms. The summed E-state index contributed by atoms with van der Waals surface area (Å²) in [6.45, 7) is 3.88. The zero-order valence-electron chi connectivity index (χ0n) is 7.49. The lowest BCUT2D eigenvalue weighted by Gasteiger charge is -2.05. The fraction of sp³-hybridized carbons (Fsp3) is 0.200. The van der Waals surface area contributed by atoms with Gasteiger partial charge in [-0.05, 0) is 12.1 Å². The Kier molecular flexibility index (Phi) is 4.04. The Morgan fingerprint density at radius 1 is 1.36 bits per heavy atom. The molecule has 1 nitrogen and oxygen atoms in total. The highest BCUT2D eigenvalue weighted by Gasteiger charge is 2.06. The van der Waals surface area contributed by atoms with Crippen LogP contribution in [0.15, 0.2) is 29.8 Å². The van der Waals surface area contributed by atoms with Crippen LogP contribution in [0.5, 0.6) is 0 Å². The fourth-order valence-electron chi connectivity index (χ4n) is 1.02. The van der Waals surface area contributed by atoms with E-state index in [1.807, 2.05) is 0 Å². The molecule has 0 amide bonds. The molecule has 0 bridgehead atoms. The first-order valence-electron chi connectivity index (χ1n) is 4.08. The largest absolute Gasteiger partial charge is 0.308 e. The van der Waals surface area contributed by atoms with E-state index in [0.717, 1.165) is 0 Å². The monoisotopic (exact) mass is 217 g/mol. The van der Waals surface area contributed by atoms with Gasteiger partial charge in [-0.1, -0.05) is 24.2 Å². The predicted molar refractivity (Wildman–Crippen MR) is 53.1 cm³/mol. The molecule has 1 aromatic rings. The van der Waals surface area contributed by atoms with Crippen molar-refractivity contribution < 1.29 is 8.78 Å². The molecule has 0 unspecified atom stereocenters. The van der Waals surface area contributed by atoms with Crippen LogP contribution in [0.2, 0.25) is 0 Å². The van der Waals surface area contributed by atoms with Crippen LogP contribution >= 0.6 is 11.6 Å². The van der Waals surface area contributed by atoms with Crippen molar-refractivity contribution in [1.82, 2.24) is 5.32 Å². The van der Waals surface area contributed by atoms with E-state index in [1.165, 1.54) is 18.2 Å². The maximum Gasteiger partial charge on any atom is 0.130 e. The number of nitrogens with one attached hydrogen (secondary N) is 1. The van der Waals surface area contributed by atoms with E-state index in [0.29, 0.717) is 11.6 Å². The lowest BCUT2D eigenvalue weighted by molar-refractivity contribution is 0.542. The standard InChI is InChI=1S/C10H10ClF2N/c1-7(11)5-14-6-8-9(12)3-2-4-10(8)13/h2-4,14H,1,5-6H2. The molecule has 0 aliphatic heterocycles. The Bertz CT molecular complexity index is 319. The van der Waals surface area contributed by atoms with Crippen LogP contribution in [-0.4, -0.2) is 6.54 Å². The molecule has 76 valence electrons. The van der Waals surface area contributed by atoms with Gasteiger partial charge in [0.1, 0.15) is 11.6 Å². The highest BCUT2D eigenvalue weighted by Crippen LogP contribution is 2.11. The molecule has 0 atom stereocenters. The molecule has 0 aromatic heterocycles. The summed E-state index contributed by atoms with van der Waals surface area (Å²) >= 11 is 5.48. The van der Waals surface area contributed by atoms with E-state index in [2.05, 4.69) is 11.9 Å². The molecular formula is C10H10ClF2N. The van der Waals surface area contributed by atoms with E-state index in [9.17, 15) is 8.78 Å². The van der Waals surface area contributed by atoms with Crippen LogP contribution in [0.3, 0.4) is 0 Å². The summed E-state index contributed by atoms with van der Waals surface area (Å²) in [5.74, 6) is -1.12. The SMILES string of the molecule is C=C(Cl)CNCc1c(F)cccc1F. The van der Waals surface area contributed by atoms with Gasteiger partial charge in [0.25, 0.3) is 0 Å². The van der Waals surface area contributed by atoms with Gasteiger partial charge in [-0.3, -0.25) is 0 Å². The summed E-state index contributed by atoms with van der Waals surface area (Å²) in [7, 11) is 0. The lowest BCUT2D eigenvalue weighted by Crippen LogP contribution is -2.16. The molecule has 0 saturated carbocycles. The molecule has 1 aromatic carbocycles. The summed E-state index contributed by atoms with van der Waals surface area (Å²) in [6.07, 6.45) is 0. The van der Waals surface area contributed by atoms with Crippen LogP contribution in [0.25, 0.3) is 0 Å². The third-order valence-electron chi connectivity index (χ3n) is 1.68. The summed E-state index contributed by atoms with van der Waals surface area (Å²) < 4.78 is 26.1. The Hall–Kier alpha value is -0.930. The van der Waals surface area contributed by atoms with Gasteiger partial charge in [-0.25, -0.2) is 8.78 Å². The minimum Gasteiger partial charge on any atom is -0.308 e. The zero-order chi connectivity index (χ0) is 10.6. The Balaban J connectivity index is 2.62. The Morgan fingerprint density at radius 2 is 1.93 bits per heavy atom. The predicted octanol–water partition coefficient (Wildman–Crippen LogP) is 2.81. The van der Waals surface area contributed by atoms with E-state index in [1.54, 1.807) is 0 Å². The van der Waals surface area contributed by atoms with Gasteiger partial charge in [0.05, 0.1) is 0 Å². The fourth-order valence-corrected chi connectivity index (χ4v) is 1.12. The number of hydrogen-bond donors (Lipinski definition) is 1. The molecule has 0 aliphatic rings. The molecule has 0 fully saturated rings. The quantitative estimate of drug-likeness (QED) is 0.818. The van der Waals surface area contributed by atoms with Crippen molar-refractivity contribution in [3.05, 3.63) is 47.0 Å². The third-order valence-corrected chi connectivity index (χ3v) is 1.81. The minimum atomic E-state index is -0.558. The molecule has 0 saturated heterocycles. The van der Waals surface area contributed by atoms with Crippen molar-refractivity contribution in [2.75, 3.05) is 6.54 Å². The smallest absolute Gasteiger partial charge is 0.130 e. The summed E-state index contributed by atoms with van der Waals surface area (Å²) in [4.78, 5) is 0. The van der Waals surface area contributed by atoms with Crippen molar-refractivity contribution >= 4 is 11.6 Å². The highest BCUT2D eigenvalue weighted by molar-refractivity contribution is 6.29.